The van der Waals surface area contributed by atoms with Gasteiger partial charge >= 0.3 is 44.0 Å². The minimum atomic E-state index is -6.05. The predicted molar refractivity (Wildman–Crippen MR) is 513 cm³/mol. The summed E-state index contributed by atoms with van der Waals surface area (Å²) in [5.74, 6) is -5.60. The molecule has 9 aromatic rings. The fraction of sp³-hybridized carbons (Fsp3) is 0.467. The molecule has 0 saturated carbocycles. The van der Waals surface area contributed by atoms with Crippen LogP contribution in [-0.2, 0) is 94.1 Å². The number of furan rings is 3. The molecule has 9 heterocycles. The summed E-state index contributed by atoms with van der Waals surface area (Å²) in [4.78, 5) is 149. The summed E-state index contributed by atoms with van der Waals surface area (Å²) in [6, 6.07) is 9.54. The Hall–Kier alpha value is -10.2. The Bertz CT molecular complexity index is 6480. The van der Waals surface area contributed by atoms with Gasteiger partial charge in [0.05, 0.1) is 51.4 Å². The first-order valence-corrected chi connectivity index (χ1v) is 49.8. The first-order valence-electron chi connectivity index (χ1n) is 42.1. The number of phosphoric ester groups is 1. The van der Waals surface area contributed by atoms with Crippen LogP contribution in [0.25, 0.3) is 50.4 Å². The molecule has 0 fully saturated rings. The van der Waals surface area contributed by atoms with Crippen LogP contribution in [0.4, 0.5) is 39.5 Å². The molecule has 0 saturated heterocycles. The highest BCUT2D eigenvalue weighted by Crippen LogP contribution is 2.78. The molecule has 47 heteroatoms. The second-order valence-electron chi connectivity index (χ2n) is 38.7. The number of fused-ring (bicyclic) bond motifs is 3. The molecule has 0 atom stereocenters. The minimum Gasteiger partial charge on any atom is -0.444 e. The Morgan fingerprint density at radius 2 is 0.577 bits per heavy atom. The molecule has 12 rings (SSSR count). The molecule has 3 aliphatic heterocycles. The number of hydrogen-bond donors (Lipinski definition) is 0. The van der Waals surface area contributed by atoms with Gasteiger partial charge in [-0.25, -0.2) is 18.9 Å². The Morgan fingerprint density at radius 1 is 0.365 bits per heavy atom. The number of nitrogens with zero attached hydrogens (tertiary/aromatic N) is 12. The van der Waals surface area contributed by atoms with Crippen molar-refractivity contribution in [3.05, 3.63) is 199 Å². The third-order valence-electron chi connectivity index (χ3n) is 23.9. The lowest BCUT2D eigenvalue weighted by atomic mass is 10.1. The van der Waals surface area contributed by atoms with E-state index in [0.29, 0.717) is 0 Å². The number of benzene rings is 3. The Morgan fingerprint density at radius 3 is 0.766 bits per heavy atom. The van der Waals surface area contributed by atoms with E-state index in [1.165, 1.54) is 96.0 Å². The lowest BCUT2D eigenvalue weighted by Crippen LogP contribution is -2.45. The standard InChI is InChI=1S/C90H105Cl3F9N12O19PS3/c1-46-52(67-70(118)106(22)79(121)109(25)73(67)128-46)37-64(115)103-76-112(58(40-135(76,82(4,5)6)83(7,8)9)49-28-31-61(55(91)34-49)131-88(94,95)96)43-125-134(124,126-44-113-59(50-29-32-62(56(92)35-50)132-89(97,98)99)41-136(84(10,11)12,85(13,14)15)77(113)104-65(116)38-53-47(2)129-74-68(53)71(119)107(23)80(122)110(74)26)127-45-114-60(51-30-33-63(57(93)36-51)133-90(100,101)102)42-137(86(16,17)18,87(19,20)21)78(114)105-66(117)39-54-48(3)130-75-69(54)72(120)108(24)81(123)111(75)27/h28-36,40-42H,37-39,43-45H2,1-27H3. The van der Waals surface area contributed by atoms with Crippen LogP contribution in [0.1, 0.15) is 175 Å². The number of alkyl halides is 9. The van der Waals surface area contributed by atoms with Gasteiger partial charge in [-0.05, 0) is 91.6 Å². The summed E-state index contributed by atoms with van der Waals surface area (Å²) in [7, 11) is -7.77. The number of aliphatic imine (C=N–C) groups is 3. The molecule has 0 bridgehead atoms. The lowest BCUT2D eigenvalue weighted by molar-refractivity contribution is -0.275. The van der Waals surface area contributed by atoms with Crippen LogP contribution in [0.5, 0.6) is 17.2 Å². The Kier molecular flexibility index (Phi) is 27.9. The Labute approximate surface area is 799 Å². The third-order valence-corrected chi connectivity index (χ3v) is 42.1. The highest BCUT2D eigenvalue weighted by Gasteiger charge is 2.60. The number of carbonyl (C=O) groups is 3. The Balaban J connectivity index is 1.15. The number of aromatic nitrogens is 6. The number of amidine groups is 3. The molecule has 3 aromatic carbocycles. The second-order valence-corrected chi connectivity index (χ2v) is 54.7. The van der Waals surface area contributed by atoms with Crippen molar-refractivity contribution in [3.8, 4) is 17.2 Å². The van der Waals surface area contributed by atoms with Gasteiger partial charge in [-0.15, -0.1) is 69.6 Å². The zero-order valence-electron chi connectivity index (χ0n) is 80.0. The highest BCUT2D eigenvalue weighted by atomic mass is 35.5. The smallest absolute Gasteiger partial charge is 0.444 e. The van der Waals surface area contributed by atoms with Crippen LogP contribution >= 0.6 is 72.7 Å². The number of aryl methyl sites for hydroxylation is 6. The van der Waals surface area contributed by atoms with E-state index >= 15 is 18.9 Å². The van der Waals surface area contributed by atoms with Crippen LogP contribution in [0.3, 0.4) is 0 Å². The lowest BCUT2D eigenvalue weighted by Gasteiger charge is -2.55. The molecule has 0 radical (unpaired) electrons. The average Bonchev–Trinajstić information content (AvgIpc) is 1.55. The summed E-state index contributed by atoms with van der Waals surface area (Å²) in [6.45, 7) is 33.2. The van der Waals surface area contributed by atoms with Gasteiger partial charge in [0.1, 0.15) is 70.9 Å². The normalized spacial score (nSPS) is 17.9. The molecule has 746 valence electrons. The molecule has 3 aliphatic rings. The summed E-state index contributed by atoms with van der Waals surface area (Å²) >= 11 is 20.4. The molecule has 0 unspecified atom stereocenters. The first-order chi connectivity index (χ1) is 62.6. The van der Waals surface area contributed by atoms with Gasteiger partial charge in [0.25, 0.3) is 34.4 Å². The van der Waals surface area contributed by atoms with Gasteiger partial charge in [0.2, 0.25) is 17.1 Å². The van der Waals surface area contributed by atoms with Crippen LogP contribution in [0.15, 0.2) is 128 Å². The van der Waals surface area contributed by atoms with Crippen molar-refractivity contribution >= 4 is 156 Å². The topological polar surface area (TPSA) is 342 Å². The van der Waals surface area contributed by atoms with E-state index in [1.807, 2.05) is 0 Å². The number of halogens is 12. The van der Waals surface area contributed by atoms with Crippen molar-refractivity contribution in [1.29, 1.82) is 0 Å². The maximum Gasteiger partial charge on any atom is 0.573 e. The zero-order chi connectivity index (χ0) is 103. The second kappa shape index (κ2) is 36.1. The molecule has 3 amide bonds. The molecule has 0 N–H and O–H groups in total. The SMILES string of the molecule is Cc1oc2c(c1CC(=O)N=C1N(COP(=O)(OCN3C(c4ccc(OC(F)(F)F)c(Cl)c4)=CS(C(C)(C)C)(C(C)(C)C)C3=NC(=O)Cc3c(C)oc4c3c(=O)n(C)c(=O)n4C)OCN3C(c4ccc(OC(F)(F)F)c(Cl)c4)=CS(C(C)(C)C)(C(C)(C)C)C3=NC(=O)Cc3c(C)oc4c3c(=O)n(C)c(=O)n4C)C(c3ccc(OC(F)(F)F)c(Cl)c3)=CS1(C(C)(C)C)C(C)(C)C)c(=O)n(C)c(=O)n2C. The van der Waals surface area contributed by atoms with Crippen molar-refractivity contribution in [2.75, 3.05) is 20.2 Å². The molecule has 0 aliphatic carbocycles. The maximum atomic E-state index is 18.1. The van der Waals surface area contributed by atoms with Gasteiger partial charge in [-0.2, -0.15) is 15.0 Å². The van der Waals surface area contributed by atoms with Crippen LogP contribution < -0.4 is 48.0 Å². The first kappa shape index (κ1) is 106. The van der Waals surface area contributed by atoms with Crippen LogP contribution in [0, 0.1) is 20.8 Å². The fourth-order valence-electron chi connectivity index (χ4n) is 18.0. The summed E-state index contributed by atoms with van der Waals surface area (Å²) in [6.07, 6.45) is -18.1. The average molecular weight is 2060 g/mol. The van der Waals surface area contributed by atoms with Gasteiger partial charge in [0, 0.05) is 104 Å². The maximum absolute atomic E-state index is 18.1. The quantitative estimate of drug-likeness (QED) is 0.0476. The number of ether oxygens (including phenoxy) is 3. The van der Waals surface area contributed by atoms with Crippen molar-refractivity contribution in [3.63, 3.8) is 0 Å². The van der Waals surface area contributed by atoms with Crippen LogP contribution in [0.2, 0.25) is 15.1 Å². The number of phosphoric acid groups is 1. The number of rotatable bonds is 21. The van der Waals surface area contributed by atoms with Gasteiger partial charge in [-0.3, -0.25) is 84.4 Å². The van der Waals surface area contributed by atoms with E-state index in [-0.39, 0.29) is 117 Å². The van der Waals surface area contributed by atoms with Gasteiger partial charge < -0.3 is 27.5 Å². The van der Waals surface area contributed by atoms with Gasteiger partial charge in [-0.1, -0.05) is 159 Å². The number of carbonyl (C=O) groups excluding carboxylic acids is 3. The van der Waals surface area contributed by atoms with Crippen LogP contribution in [-0.4, -0.2) is 143 Å². The summed E-state index contributed by atoms with van der Waals surface area (Å²) < 4.78 is 198. The minimum absolute atomic E-state index is 0.00828. The highest BCUT2D eigenvalue weighted by molar-refractivity contribution is 8.50. The molecular weight excluding hydrogens is 1960 g/mol. The zero-order valence-corrected chi connectivity index (χ0v) is 85.6. The van der Waals surface area contributed by atoms with E-state index in [0.717, 1.165) is 63.8 Å². The summed E-state index contributed by atoms with van der Waals surface area (Å²) in [5.41, 5.74) is -5.82. The largest absolute Gasteiger partial charge is 0.573 e. The van der Waals surface area contributed by atoms with Crippen molar-refractivity contribution in [2.24, 2.45) is 57.3 Å². The molecule has 31 nitrogen and oxygen atoms in total. The number of amides is 3. The third kappa shape index (κ3) is 19.2. The van der Waals surface area contributed by atoms with E-state index in [4.69, 9.17) is 76.6 Å². The number of hydrogen-bond acceptors (Lipinski definition) is 19. The van der Waals surface area contributed by atoms with E-state index < -0.39 is 209 Å². The monoisotopic (exact) mass is 2060 g/mol. The molecule has 0 spiro atoms. The summed E-state index contributed by atoms with van der Waals surface area (Å²) in [5, 5.41) is 2.18. The molecular formula is C90H105Cl3F9N12O19PS3. The van der Waals surface area contributed by atoms with Crippen molar-refractivity contribution < 1.29 is 99.5 Å². The van der Waals surface area contributed by atoms with E-state index in [9.17, 15) is 68.3 Å². The van der Waals surface area contributed by atoms with Gasteiger partial charge in [0.15, 0.2) is 15.5 Å². The molecule has 137 heavy (non-hydrogen) atoms. The van der Waals surface area contributed by atoms with E-state index in [2.05, 4.69) is 14.2 Å². The van der Waals surface area contributed by atoms with Crippen molar-refractivity contribution in [1.82, 2.24) is 42.1 Å². The fourth-order valence-corrected chi connectivity index (χ4v) is 34.9. The van der Waals surface area contributed by atoms with Crippen molar-refractivity contribution in [2.45, 2.75) is 212 Å². The molecule has 6 aromatic heterocycles. The predicted octanol–water partition coefficient (Wildman–Crippen LogP) is 19.6. The van der Waals surface area contributed by atoms with E-state index in [1.54, 1.807) is 141 Å².